The number of nitriles is 1. The summed E-state index contributed by atoms with van der Waals surface area (Å²) >= 11 is 0. The molecule has 1 aliphatic rings. The van der Waals surface area contributed by atoms with E-state index in [1.807, 2.05) is 24.3 Å². The Morgan fingerprint density at radius 1 is 1.00 bits per heavy atom. The van der Waals surface area contributed by atoms with Crippen LogP contribution in [0.3, 0.4) is 0 Å². The van der Waals surface area contributed by atoms with Gasteiger partial charge in [0.05, 0.1) is 25.3 Å². The van der Waals surface area contributed by atoms with E-state index >= 15 is 0 Å². The van der Waals surface area contributed by atoms with Gasteiger partial charge < -0.3 is 14.6 Å². The molecular formula is C25H23N3O3. The first-order chi connectivity index (χ1) is 15.1. The molecule has 1 N–H and O–H groups in total. The van der Waals surface area contributed by atoms with E-state index in [4.69, 9.17) is 9.68 Å². The van der Waals surface area contributed by atoms with Crippen LogP contribution in [0.2, 0.25) is 0 Å². The smallest absolute Gasteiger partial charge is 0.254 e. The second kappa shape index (κ2) is 9.31. The number of hydrogen-bond donors (Lipinski definition) is 1. The monoisotopic (exact) mass is 413 g/mol. The number of rotatable bonds is 8. The van der Waals surface area contributed by atoms with Crippen LogP contribution < -0.4 is 5.32 Å². The van der Waals surface area contributed by atoms with E-state index < -0.39 is 0 Å². The van der Waals surface area contributed by atoms with Gasteiger partial charge in [-0.15, -0.1) is 0 Å². The minimum atomic E-state index is -0.147. The molecule has 2 amide bonds. The van der Waals surface area contributed by atoms with E-state index in [2.05, 4.69) is 11.4 Å². The molecule has 6 nitrogen and oxygen atoms in total. The van der Waals surface area contributed by atoms with Gasteiger partial charge in [-0.05, 0) is 60.4 Å². The standard InChI is InChI=1S/C25H23N3O3/c26-13-12-18-3-1-4-21(15-18)25(30)28(17-23-5-2-14-31-23)16-19-6-8-20(9-7-19)24(29)27-22-10-11-22/h1-9,14-15,22H,10-12,16-17H2,(H,27,29). The highest BCUT2D eigenvalue weighted by Gasteiger charge is 2.24. The average Bonchev–Trinajstić information content (AvgIpc) is 3.45. The lowest BCUT2D eigenvalue weighted by Gasteiger charge is -2.22. The maximum Gasteiger partial charge on any atom is 0.254 e. The highest BCUT2D eigenvalue weighted by molar-refractivity contribution is 5.95. The third-order valence-electron chi connectivity index (χ3n) is 5.17. The fourth-order valence-corrected chi connectivity index (χ4v) is 3.36. The van der Waals surface area contributed by atoms with Crippen molar-refractivity contribution < 1.29 is 14.0 Å². The molecule has 3 aromatic rings. The Morgan fingerprint density at radius 3 is 2.48 bits per heavy atom. The first-order valence-corrected chi connectivity index (χ1v) is 10.3. The Hall–Kier alpha value is -3.85. The number of benzene rings is 2. The van der Waals surface area contributed by atoms with Gasteiger partial charge in [0.1, 0.15) is 5.76 Å². The van der Waals surface area contributed by atoms with Crippen molar-refractivity contribution in [3.63, 3.8) is 0 Å². The molecule has 0 spiro atoms. The summed E-state index contributed by atoms with van der Waals surface area (Å²) in [5.41, 5.74) is 2.86. The molecule has 0 radical (unpaired) electrons. The minimum Gasteiger partial charge on any atom is -0.467 e. The number of nitrogens with zero attached hydrogens (tertiary/aromatic N) is 2. The highest BCUT2D eigenvalue weighted by Crippen LogP contribution is 2.20. The summed E-state index contributed by atoms with van der Waals surface area (Å²) in [5.74, 6) is 0.473. The molecule has 1 aliphatic carbocycles. The van der Waals surface area contributed by atoms with Gasteiger partial charge in [0, 0.05) is 23.7 Å². The summed E-state index contributed by atoms with van der Waals surface area (Å²) in [6, 6.07) is 20.5. The van der Waals surface area contributed by atoms with Crippen molar-refractivity contribution in [3.05, 3.63) is 94.9 Å². The molecule has 1 saturated carbocycles. The molecule has 0 aliphatic heterocycles. The molecule has 156 valence electrons. The predicted molar refractivity (Wildman–Crippen MR) is 115 cm³/mol. The summed E-state index contributed by atoms with van der Waals surface area (Å²) in [4.78, 5) is 27.2. The molecule has 0 bridgehead atoms. The fourth-order valence-electron chi connectivity index (χ4n) is 3.36. The topological polar surface area (TPSA) is 86.3 Å². The van der Waals surface area contributed by atoms with E-state index in [0.29, 0.717) is 36.0 Å². The third kappa shape index (κ3) is 5.40. The Morgan fingerprint density at radius 2 is 1.81 bits per heavy atom. The average molecular weight is 413 g/mol. The van der Waals surface area contributed by atoms with Crippen molar-refractivity contribution in [2.75, 3.05) is 0 Å². The molecule has 0 saturated heterocycles. The van der Waals surface area contributed by atoms with Crippen molar-refractivity contribution in [2.45, 2.75) is 38.4 Å². The fraction of sp³-hybridized carbons (Fsp3) is 0.240. The zero-order valence-corrected chi connectivity index (χ0v) is 17.1. The lowest BCUT2D eigenvalue weighted by Crippen LogP contribution is -2.30. The third-order valence-corrected chi connectivity index (χ3v) is 5.17. The van der Waals surface area contributed by atoms with Crippen LogP contribution >= 0.6 is 0 Å². The van der Waals surface area contributed by atoms with Crippen LogP contribution in [-0.4, -0.2) is 22.8 Å². The van der Waals surface area contributed by atoms with Crippen LogP contribution in [0.5, 0.6) is 0 Å². The van der Waals surface area contributed by atoms with Gasteiger partial charge >= 0.3 is 0 Å². The van der Waals surface area contributed by atoms with Crippen LogP contribution in [-0.2, 0) is 19.5 Å². The van der Waals surface area contributed by atoms with Gasteiger partial charge in [-0.1, -0.05) is 24.3 Å². The van der Waals surface area contributed by atoms with Crippen LogP contribution in [0.25, 0.3) is 0 Å². The molecule has 1 fully saturated rings. The number of hydrogen-bond acceptors (Lipinski definition) is 4. The number of amides is 2. The molecule has 31 heavy (non-hydrogen) atoms. The molecule has 6 heteroatoms. The SMILES string of the molecule is N#CCc1cccc(C(=O)N(Cc2ccc(C(=O)NC3CC3)cc2)Cc2ccco2)c1. The second-order valence-electron chi connectivity index (χ2n) is 7.72. The van der Waals surface area contributed by atoms with Crippen molar-refractivity contribution in [3.8, 4) is 6.07 Å². The van der Waals surface area contributed by atoms with E-state index in [0.717, 1.165) is 24.0 Å². The lowest BCUT2D eigenvalue weighted by atomic mass is 10.1. The van der Waals surface area contributed by atoms with Crippen LogP contribution in [0.1, 0.15) is 50.4 Å². The zero-order chi connectivity index (χ0) is 21.6. The van der Waals surface area contributed by atoms with E-state index in [1.165, 1.54) is 0 Å². The quantitative estimate of drug-likeness (QED) is 0.603. The van der Waals surface area contributed by atoms with Crippen LogP contribution in [0.4, 0.5) is 0 Å². The van der Waals surface area contributed by atoms with E-state index in [-0.39, 0.29) is 18.2 Å². The first kappa shape index (κ1) is 20.4. The van der Waals surface area contributed by atoms with Crippen molar-refractivity contribution in [2.24, 2.45) is 0 Å². The number of furan rings is 1. The maximum absolute atomic E-state index is 13.3. The van der Waals surface area contributed by atoms with Crippen LogP contribution in [0.15, 0.2) is 71.3 Å². The van der Waals surface area contributed by atoms with Crippen molar-refractivity contribution >= 4 is 11.8 Å². The Balaban J connectivity index is 1.52. The molecule has 4 rings (SSSR count). The van der Waals surface area contributed by atoms with Crippen molar-refractivity contribution in [1.29, 1.82) is 5.26 Å². The summed E-state index contributed by atoms with van der Waals surface area (Å²) in [5, 5.41) is 11.9. The largest absolute Gasteiger partial charge is 0.467 e. The summed E-state index contributed by atoms with van der Waals surface area (Å²) in [6.45, 7) is 0.685. The number of carbonyl (C=O) groups excluding carboxylic acids is 2. The van der Waals surface area contributed by atoms with E-state index in [1.54, 1.807) is 47.6 Å². The van der Waals surface area contributed by atoms with Gasteiger partial charge in [-0.25, -0.2) is 0 Å². The van der Waals surface area contributed by atoms with Crippen LogP contribution in [0, 0.1) is 11.3 Å². The number of carbonyl (C=O) groups is 2. The highest BCUT2D eigenvalue weighted by atomic mass is 16.3. The van der Waals surface area contributed by atoms with Gasteiger partial charge in [-0.3, -0.25) is 9.59 Å². The molecule has 1 heterocycles. The zero-order valence-electron chi connectivity index (χ0n) is 17.1. The molecular weight excluding hydrogens is 390 g/mol. The molecule has 1 aromatic heterocycles. The Kier molecular flexibility index (Phi) is 6.13. The predicted octanol–water partition coefficient (Wildman–Crippen LogP) is 4.08. The van der Waals surface area contributed by atoms with Gasteiger partial charge in [0.2, 0.25) is 0 Å². The normalized spacial score (nSPS) is 12.7. The Labute approximate surface area is 181 Å². The second-order valence-corrected chi connectivity index (χ2v) is 7.72. The van der Waals surface area contributed by atoms with E-state index in [9.17, 15) is 9.59 Å². The van der Waals surface area contributed by atoms with Gasteiger partial charge in [-0.2, -0.15) is 5.26 Å². The number of nitrogens with one attached hydrogen (secondary N) is 1. The Bertz CT molecular complexity index is 1090. The summed E-state index contributed by atoms with van der Waals surface area (Å²) in [7, 11) is 0. The van der Waals surface area contributed by atoms with Gasteiger partial charge in [0.25, 0.3) is 11.8 Å². The molecule has 0 atom stereocenters. The first-order valence-electron chi connectivity index (χ1n) is 10.3. The maximum atomic E-state index is 13.3. The summed E-state index contributed by atoms with van der Waals surface area (Å²) in [6.07, 6.45) is 3.93. The lowest BCUT2D eigenvalue weighted by molar-refractivity contribution is 0.0717. The molecule has 0 unspecified atom stereocenters. The molecule has 2 aromatic carbocycles. The minimum absolute atomic E-state index is 0.0631. The van der Waals surface area contributed by atoms with Crippen molar-refractivity contribution in [1.82, 2.24) is 10.2 Å². The van der Waals surface area contributed by atoms with Gasteiger partial charge in [0.15, 0.2) is 0 Å². The summed E-state index contributed by atoms with van der Waals surface area (Å²) < 4.78 is 5.45.